The van der Waals surface area contributed by atoms with Crippen molar-refractivity contribution in [1.29, 1.82) is 0 Å². The molecule has 4 aromatic carbocycles. The molecule has 41 heavy (non-hydrogen) atoms. The average Bonchev–Trinajstić information content (AvgIpc) is 3.33. The van der Waals surface area contributed by atoms with Crippen LogP contribution in [0.1, 0.15) is 24.2 Å². The normalized spacial score (nSPS) is 12.0. The zero-order valence-electron chi connectivity index (χ0n) is 23.0. The number of aryl methyl sites for hydroxylation is 1. The highest BCUT2D eigenvalue weighted by atomic mass is 16.5. The molecule has 1 atom stereocenters. The lowest BCUT2D eigenvalue weighted by atomic mass is 10.0. The van der Waals surface area contributed by atoms with Gasteiger partial charge in [0.2, 0.25) is 0 Å². The van der Waals surface area contributed by atoms with E-state index in [0.717, 1.165) is 39.7 Å². The van der Waals surface area contributed by atoms with E-state index in [2.05, 4.69) is 28.9 Å². The van der Waals surface area contributed by atoms with Crippen molar-refractivity contribution in [2.75, 3.05) is 12.4 Å². The molecule has 0 saturated heterocycles. The molecule has 0 saturated carbocycles. The zero-order chi connectivity index (χ0) is 28.5. The fourth-order valence-corrected chi connectivity index (χ4v) is 5.25. The number of para-hydroxylation sites is 2. The SMILES string of the molecule is CCn1c2ccccc2c2cc(NC(=O)C(C)OC(=O)c3cc(-c4ccc(OC)cc4)nc4ccccc34)ccc21. The number of carbonyl (C=O) groups is 2. The molecule has 2 heterocycles. The Kier molecular flexibility index (Phi) is 6.85. The summed E-state index contributed by atoms with van der Waals surface area (Å²) in [6.07, 6.45) is -1.02. The molecule has 1 amide bonds. The molecule has 6 aromatic rings. The van der Waals surface area contributed by atoms with Crippen LogP contribution in [0.2, 0.25) is 0 Å². The standard InChI is InChI=1S/C34H29N3O4/c1-4-37-31-12-8-6-10-26(31)27-19-23(15-18-32(27)37)35-33(38)21(2)41-34(39)28-20-30(22-13-16-24(40-3)17-14-22)36-29-11-7-5-9-25(28)29/h5-21H,4H2,1-3H3,(H,35,38). The first kappa shape index (κ1) is 26.1. The summed E-state index contributed by atoms with van der Waals surface area (Å²) in [5.74, 6) is -0.280. The molecule has 2 aromatic heterocycles. The van der Waals surface area contributed by atoms with Crippen molar-refractivity contribution in [3.05, 3.63) is 103 Å². The van der Waals surface area contributed by atoms with Gasteiger partial charge < -0.3 is 19.4 Å². The number of nitrogens with one attached hydrogen (secondary N) is 1. The van der Waals surface area contributed by atoms with E-state index in [1.54, 1.807) is 20.1 Å². The molecule has 7 heteroatoms. The fourth-order valence-electron chi connectivity index (χ4n) is 5.25. The van der Waals surface area contributed by atoms with E-state index < -0.39 is 18.0 Å². The molecule has 0 aliphatic carbocycles. The second-order valence-corrected chi connectivity index (χ2v) is 9.83. The van der Waals surface area contributed by atoms with Crippen LogP contribution < -0.4 is 10.1 Å². The van der Waals surface area contributed by atoms with E-state index in [1.165, 1.54) is 0 Å². The number of pyridine rings is 1. The number of carbonyl (C=O) groups excluding carboxylic acids is 2. The molecule has 0 spiro atoms. The Bertz CT molecular complexity index is 1920. The lowest BCUT2D eigenvalue weighted by molar-refractivity contribution is -0.123. The molecule has 1 N–H and O–H groups in total. The highest BCUT2D eigenvalue weighted by molar-refractivity contribution is 6.10. The van der Waals surface area contributed by atoms with Crippen molar-refractivity contribution in [3.63, 3.8) is 0 Å². The molecular weight excluding hydrogens is 514 g/mol. The summed E-state index contributed by atoms with van der Waals surface area (Å²) in [6.45, 7) is 4.53. The Morgan fingerprint density at radius 1 is 0.854 bits per heavy atom. The van der Waals surface area contributed by atoms with E-state index in [-0.39, 0.29) is 0 Å². The molecule has 6 rings (SSSR count). The number of nitrogens with zero attached hydrogens (tertiary/aromatic N) is 2. The third kappa shape index (κ3) is 4.87. The summed E-state index contributed by atoms with van der Waals surface area (Å²) in [7, 11) is 1.61. The van der Waals surface area contributed by atoms with Gasteiger partial charge in [-0.2, -0.15) is 0 Å². The van der Waals surface area contributed by atoms with Gasteiger partial charge in [-0.25, -0.2) is 9.78 Å². The van der Waals surface area contributed by atoms with Gasteiger partial charge in [-0.3, -0.25) is 4.79 Å². The first-order valence-electron chi connectivity index (χ1n) is 13.5. The first-order valence-corrected chi connectivity index (χ1v) is 13.5. The number of aromatic nitrogens is 2. The largest absolute Gasteiger partial charge is 0.497 e. The van der Waals surface area contributed by atoms with Gasteiger partial charge in [-0.05, 0) is 74.5 Å². The predicted octanol–water partition coefficient (Wildman–Crippen LogP) is 7.22. The van der Waals surface area contributed by atoms with E-state index in [1.807, 2.05) is 78.9 Å². The Hall–Kier alpha value is -5.17. The summed E-state index contributed by atoms with van der Waals surface area (Å²) in [5, 5.41) is 5.75. The number of hydrogen-bond donors (Lipinski definition) is 1. The van der Waals surface area contributed by atoms with E-state index in [0.29, 0.717) is 27.8 Å². The van der Waals surface area contributed by atoms with Gasteiger partial charge >= 0.3 is 5.97 Å². The first-order chi connectivity index (χ1) is 20.0. The Morgan fingerprint density at radius 3 is 2.32 bits per heavy atom. The van der Waals surface area contributed by atoms with Crippen molar-refractivity contribution < 1.29 is 19.1 Å². The van der Waals surface area contributed by atoms with Crippen molar-refractivity contribution in [3.8, 4) is 17.0 Å². The molecule has 0 aliphatic heterocycles. The summed E-state index contributed by atoms with van der Waals surface area (Å²) in [6, 6.07) is 30.6. The van der Waals surface area contributed by atoms with Crippen LogP contribution >= 0.6 is 0 Å². The molecule has 0 radical (unpaired) electrons. The topological polar surface area (TPSA) is 82.5 Å². The number of hydrogen-bond acceptors (Lipinski definition) is 5. The highest BCUT2D eigenvalue weighted by Crippen LogP contribution is 2.31. The van der Waals surface area contributed by atoms with Crippen molar-refractivity contribution in [2.24, 2.45) is 0 Å². The summed E-state index contributed by atoms with van der Waals surface area (Å²) < 4.78 is 13.2. The van der Waals surface area contributed by atoms with Gasteiger partial charge in [0, 0.05) is 45.0 Å². The van der Waals surface area contributed by atoms with E-state index >= 15 is 0 Å². The third-order valence-electron chi connectivity index (χ3n) is 7.33. The highest BCUT2D eigenvalue weighted by Gasteiger charge is 2.22. The van der Waals surface area contributed by atoms with Crippen LogP contribution in [0, 0.1) is 0 Å². The van der Waals surface area contributed by atoms with Crippen LogP contribution in [0.25, 0.3) is 44.0 Å². The minimum absolute atomic E-state index is 0.342. The Balaban J connectivity index is 1.25. The lowest BCUT2D eigenvalue weighted by Crippen LogP contribution is -2.30. The van der Waals surface area contributed by atoms with Gasteiger partial charge in [0.25, 0.3) is 5.91 Å². The summed E-state index contributed by atoms with van der Waals surface area (Å²) in [4.78, 5) is 31.3. The molecule has 0 fully saturated rings. The summed E-state index contributed by atoms with van der Waals surface area (Å²) in [5.41, 5.74) is 5.34. The molecule has 0 aliphatic rings. The smallest absolute Gasteiger partial charge is 0.339 e. The molecule has 0 bridgehead atoms. The van der Waals surface area contributed by atoms with E-state index in [9.17, 15) is 9.59 Å². The minimum atomic E-state index is -1.02. The Labute approximate surface area is 237 Å². The molecular formula is C34H29N3O4. The number of fused-ring (bicyclic) bond motifs is 4. The van der Waals surface area contributed by atoms with Gasteiger partial charge in [0.15, 0.2) is 6.10 Å². The van der Waals surface area contributed by atoms with Gasteiger partial charge in [-0.1, -0.05) is 36.4 Å². The van der Waals surface area contributed by atoms with Gasteiger partial charge in [0.1, 0.15) is 5.75 Å². The Morgan fingerprint density at radius 2 is 1.56 bits per heavy atom. The quantitative estimate of drug-likeness (QED) is 0.215. The number of rotatable bonds is 7. The van der Waals surface area contributed by atoms with Crippen LogP contribution in [0.4, 0.5) is 5.69 Å². The number of methoxy groups -OCH3 is 1. The van der Waals surface area contributed by atoms with Crippen LogP contribution in [-0.2, 0) is 16.1 Å². The van der Waals surface area contributed by atoms with Crippen LogP contribution in [-0.4, -0.2) is 34.6 Å². The second-order valence-electron chi connectivity index (χ2n) is 9.83. The number of anilines is 1. The van der Waals surface area contributed by atoms with Crippen molar-refractivity contribution in [2.45, 2.75) is 26.5 Å². The fraction of sp³-hybridized carbons (Fsp3) is 0.147. The molecule has 204 valence electrons. The van der Waals surface area contributed by atoms with Crippen molar-refractivity contribution >= 4 is 50.3 Å². The maximum absolute atomic E-state index is 13.4. The molecule has 7 nitrogen and oxygen atoms in total. The van der Waals surface area contributed by atoms with Crippen molar-refractivity contribution in [1.82, 2.24) is 9.55 Å². The minimum Gasteiger partial charge on any atom is -0.497 e. The average molecular weight is 544 g/mol. The second kappa shape index (κ2) is 10.8. The maximum Gasteiger partial charge on any atom is 0.339 e. The number of benzene rings is 4. The van der Waals surface area contributed by atoms with Crippen LogP contribution in [0.15, 0.2) is 97.1 Å². The van der Waals surface area contributed by atoms with Crippen LogP contribution in [0.3, 0.4) is 0 Å². The number of amides is 1. The van der Waals surface area contributed by atoms with E-state index in [4.69, 9.17) is 14.5 Å². The molecule has 1 unspecified atom stereocenters. The predicted molar refractivity (Wildman–Crippen MR) is 162 cm³/mol. The lowest BCUT2D eigenvalue weighted by Gasteiger charge is -2.15. The number of esters is 1. The van der Waals surface area contributed by atoms with Crippen LogP contribution in [0.5, 0.6) is 5.75 Å². The summed E-state index contributed by atoms with van der Waals surface area (Å²) >= 11 is 0. The number of ether oxygens (including phenoxy) is 2. The third-order valence-corrected chi connectivity index (χ3v) is 7.33. The monoisotopic (exact) mass is 543 g/mol. The maximum atomic E-state index is 13.4. The van der Waals surface area contributed by atoms with Gasteiger partial charge in [0.05, 0.1) is 23.9 Å². The van der Waals surface area contributed by atoms with Gasteiger partial charge in [-0.15, -0.1) is 0 Å². The zero-order valence-corrected chi connectivity index (χ0v) is 23.0.